The molecule has 8 heteroatoms. The molecule has 1 fully saturated rings. The molecule has 1 aliphatic rings. The van der Waals surface area contributed by atoms with Crippen molar-refractivity contribution in [3.63, 3.8) is 0 Å². The SMILES string of the molecule is CC.CC.CCNC(=O)c1noc(-c2cc(C(C)C)c(O)cc2O)c1-c1ccc(CN2CCOCC2)cc1. The van der Waals surface area contributed by atoms with Crippen LogP contribution in [0.25, 0.3) is 22.5 Å². The number of ether oxygens (including phenoxy) is 1. The van der Waals surface area contributed by atoms with E-state index in [1.54, 1.807) is 6.07 Å². The number of phenols is 2. The first-order valence-electron chi connectivity index (χ1n) is 13.6. The molecule has 38 heavy (non-hydrogen) atoms. The number of rotatable bonds is 7. The molecular weight excluding hydrogens is 482 g/mol. The molecule has 0 radical (unpaired) electrons. The summed E-state index contributed by atoms with van der Waals surface area (Å²) in [7, 11) is 0. The number of benzene rings is 2. The lowest BCUT2D eigenvalue weighted by Crippen LogP contribution is -2.35. The quantitative estimate of drug-likeness (QED) is 0.338. The second kappa shape index (κ2) is 15.1. The largest absolute Gasteiger partial charge is 0.508 e. The molecule has 1 amide bonds. The third-order valence-corrected chi connectivity index (χ3v) is 6.01. The molecule has 2 aromatic carbocycles. The van der Waals surface area contributed by atoms with Gasteiger partial charge in [0.2, 0.25) is 0 Å². The maximum absolute atomic E-state index is 12.8. The summed E-state index contributed by atoms with van der Waals surface area (Å²) in [5.41, 5.74) is 3.59. The van der Waals surface area contributed by atoms with Crippen LogP contribution >= 0.6 is 0 Å². The highest BCUT2D eigenvalue weighted by molar-refractivity contribution is 6.02. The molecule has 2 heterocycles. The lowest BCUT2D eigenvalue weighted by molar-refractivity contribution is 0.0342. The number of carbonyl (C=O) groups is 1. The molecule has 0 bridgehead atoms. The van der Waals surface area contributed by atoms with Gasteiger partial charge in [0.25, 0.3) is 5.91 Å². The third kappa shape index (κ3) is 7.36. The van der Waals surface area contributed by atoms with E-state index in [0.717, 1.165) is 44.0 Å². The number of carbonyl (C=O) groups excluding carboxylic acids is 1. The first kappa shape index (κ1) is 30.9. The van der Waals surface area contributed by atoms with Crippen LogP contribution < -0.4 is 5.32 Å². The van der Waals surface area contributed by atoms with Crippen LogP contribution in [0.15, 0.2) is 40.9 Å². The fraction of sp³-hybridized carbons (Fsp3) is 0.467. The smallest absolute Gasteiger partial charge is 0.274 e. The molecule has 3 N–H and O–H groups in total. The van der Waals surface area contributed by atoms with E-state index in [1.165, 1.54) is 6.07 Å². The van der Waals surface area contributed by atoms with Crippen LogP contribution in [0.1, 0.15) is 76.0 Å². The first-order valence-corrected chi connectivity index (χ1v) is 13.6. The van der Waals surface area contributed by atoms with Crippen molar-refractivity contribution in [2.24, 2.45) is 0 Å². The minimum atomic E-state index is -0.354. The van der Waals surface area contributed by atoms with Gasteiger partial charge < -0.3 is 24.8 Å². The summed E-state index contributed by atoms with van der Waals surface area (Å²) in [6, 6.07) is 10.9. The van der Waals surface area contributed by atoms with Gasteiger partial charge in [-0.15, -0.1) is 0 Å². The maximum Gasteiger partial charge on any atom is 0.274 e. The van der Waals surface area contributed by atoms with E-state index >= 15 is 0 Å². The monoisotopic (exact) mass is 525 g/mol. The average molecular weight is 526 g/mol. The Morgan fingerprint density at radius 3 is 2.24 bits per heavy atom. The molecule has 0 aliphatic carbocycles. The molecule has 3 aromatic rings. The van der Waals surface area contributed by atoms with Gasteiger partial charge in [-0.1, -0.05) is 71.0 Å². The van der Waals surface area contributed by atoms with E-state index in [1.807, 2.05) is 72.7 Å². The standard InChI is InChI=1S/C26H31N3O5.2C2H6/c1-4-27-26(32)24-23(18-7-5-17(6-8-18)15-29-9-11-33-12-10-29)25(34-28-24)20-13-19(16(2)3)21(30)14-22(20)31;2*1-2/h5-8,13-14,16,30-31H,4,9-12,15H2,1-3H3,(H,27,32);2*1-2H3. The van der Waals surface area contributed by atoms with Gasteiger partial charge in [0, 0.05) is 32.2 Å². The lowest BCUT2D eigenvalue weighted by atomic mass is 9.94. The zero-order chi connectivity index (χ0) is 28.2. The summed E-state index contributed by atoms with van der Waals surface area (Å²) in [6.45, 7) is 18.3. The Hall–Kier alpha value is -3.36. The van der Waals surface area contributed by atoms with Crippen LogP contribution in [0.5, 0.6) is 11.5 Å². The lowest BCUT2D eigenvalue weighted by Gasteiger charge is -2.26. The van der Waals surface area contributed by atoms with E-state index in [9.17, 15) is 15.0 Å². The highest BCUT2D eigenvalue weighted by Gasteiger charge is 2.27. The highest BCUT2D eigenvalue weighted by atomic mass is 16.5. The molecule has 4 rings (SSSR count). The average Bonchev–Trinajstić information content (AvgIpc) is 3.37. The molecule has 1 aliphatic heterocycles. The van der Waals surface area contributed by atoms with Crippen molar-refractivity contribution in [1.82, 2.24) is 15.4 Å². The molecule has 0 atom stereocenters. The van der Waals surface area contributed by atoms with E-state index in [2.05, 4.69) is 15.4 Å². The number of phenolic OH excluding ortho intramolecular Hbond substituents is 2. The third-order valence-electron chi connectivity index (χ3n) is 6.01. The van der Waals surface area contributed by atoms with Crippen molar-refractivity contribution < 1.29 is 24.3 Å². The van der Waals surface area contributed by atoms with E-state index in [-0.39, 0.29) is 34.8 Å². The highest BCUT2D eigenvalue weighted by Crippen LogP contribution is 2.43. The normalized spacial score (nSPS) is 13.3. The van der Waals surface area contributed by atoms with E-state index < -0.39 is 0 Å². The van der Waals surface area contributed by atoms with Crippen LogP contribution in [0.4, 0.5) is 0 Å². The zero-order valence-electron chi connectivity index (χ0n) is 23.8. The molecule has 1 aromatic heterocycles. The number of aromatic nitrogens is 1. The Kier molecular flexibility index (Phi) is 12.3. The van der Waals surface area contributed by atoms with Gasteiger partial charge in [0.1, 0.15) is 11.5 Å². The number of amides is 1. The number of nitrogens with zero attached hydrogens (tertiary/aromatic N) is 2. The van der Waals surface area contributed by atoms with Crippen molar-refractivity contribution in [3.8, 4) is 33.9 Å². The predicted molar refractivity (Wildman–Crippen MR) is 152 cm³/mol. The number of morpholine rings is 1. The number of hydrogen-bond acceptors (Lipinski definition) is 7. The van der Waals surface area contributed by atoms with Crippen molar-refractivity contribution in [3.05, 3.63) is 53.2 Å². The molecule has 0 spiro atoms. The topological polar surface area (TPSA) is 108 Å². The summed E-state index contributed by atoms with van der Waals surface area (Å²) in [6.07, 6.45) is 0. The van der Waals surface area contributed by atoms with Gasteiger partial charge in [-0.2, -0.15) is 0 Å². The Labute approximate surface area is 226 Å². The minimum Gasteiger partial charge on any atom is -0.508 e. The predicted octanol–water partition coefficient (Wildman–Crippen LogP) is 6.18. The fourth-order valence-electron chi connectivity index (χ4n) is 4.17. The number of aromatic hydroxyl groups is 2. The van der Waals surface area contributed by atoms with Gasteiger partial charge in [-0.05, 0) is 35.6 Å². The maximum atomic E-state index is 12.8. The zero-order valence-corrected chi connectivity index (χ0v) is 23.8. The van der Waals surface area contributed by atoms with E-state index in [0.29, 0.717) is 23.2 Å². The molecule has 8 nitrogen and oxygen atoms in total. The first-order chi connectivity index (χ1) is 18.4. The van der Waals surface area contributed by atoms with Crippen LogP contribution in [-0.2, 0) is 11.3 Å². The summed E-state index contributed by atoms with van der Waals surface area (Å²) in [5, 5.41) is 27.7. The van der Waals surface area contributed by atoms with Crippen molar-refractivity contribution >= 4 is 5.91 Å². The summed E-state index contributed by atoms with van der Waals surface area (Å²) >= 11 is 0. The van der Waals surface area contributed by atoms with Crippen molar-refractivity contribution in [2.75, 3.05) is 32.8 Å². The van der Waals surface area contributed by atoms with Crippen molar-refractivity contribution in [1.29, 1.82) is 0 Å². The second-order valence-electron chi connectivity index (χ2n) is 8.76. The minimum absolute atomic E-state index is 0.00808. The Morgan fingerprint density at radius 1 is 1.03 bits per heavy atom. The second-order valence-corrected chi connectivity index (χ2v) is 8.76. The van der Waals surface area contributed by atoms with Crippen LogP contribution in [0, 0.1) is 0 Å². The fourth-order valence-corrected chi connectivity index (χ4v) is 4.17. The van der Waals surface area contributed by atoms with Gasteiger partial charge in [-0.25, -0.2) is 0 Å². The molecule has 0 unspecified atom stereocenters. The summed E-state index contributed by atoms with van der Waals surface area (Å²) < 4.78 is 11.1. The number of nitrogens with one attached hydrogen (secondary N) is 1. The van der Waals surface area contributed by atoms with Gasteiger partial charge in [-0.3, -0.25) is 9.69 Å². The molecular formula is C30H43N3O5. The van der Waals surface area contributed by atoms with Gasteiger partial charge in [0.05, 0.1) is 24.3 Å². The summed E-state index contributed by atoms with van der Waals surface area (Å²) in [4.78, 5) is 15.1. The Balaban J connectivity index is 0.00000121. The molecule has 1 saturated heterocycles. The van der Waals surface area contributed by atoms with Crippen molar-refractivity contribution in [2.45, 2.75) is 60.9 Å². The van der Waals surface area contributed by atoms with Crippen LogP contribution in [-0.4, -0.2) is 59.0 Å². The molecule has 0 saturated carbocycles. The summed E-state index contributed by atoms with van der Waals surface area (Å²) in [5.74, 6) is -0.193. The van der Waals surface area contributed by atoms with Crippen LogP contribution in [0.2, 0.25) is 0 Å². The van der Waals surface area contributed by atoms with Gasteiger partial charge in [0.15, 0.2) is 11.5 Å². The Bertz CT molecular complexity index is 1150. The Morgan fingerprint density at radius 2 is 1.66 bits per heavy atom. The molecule has 208 valence electrons. The van der Waals surface area contributed by atoms with Gasteiger partial charge >= 0.3 is 0 Å². The number of hydrogen-bond donors (Lipinski definition) is 3. The van der Waals surface area contributed by atoms with Crippen LogP contribution in [0.3, 0.4) is 0 Å². The van der Waals surface area contributed by atoms with E-state index in [4.69, 9.17) is 9.26 Å².